The second kappa shape index (κ2) is 11.6. The van der Waals surface area contributed by atoms with Crippen LogP contribution in [0.15, 0.2) is 11.6 Å². The number of ether oxygens (including phenoxy) is 3. The monoisotopic (exact) mass is 692 g/mol. The number of fused-ring (bicyclic) bond motifs is 2. The Morgan fingerprint density at radius 1 is 1.08 bits per heavy atom. The van der Waals surface area contributed by atoms with Crippen LogP contribution < -0.4 is 0 Å². The highest BCUT2D eigenvalue weighted by molar-refractivity contribution is 5.93. The van der Waals surface area contributed by atoms with Gasteiger partial charge in [0.15, 0.2) is 17.9 Å². The van der Waals surface area contributed by atoms with Crippen molar-refractivity contribution in [3.63, 3.8) is 0 Å². The molecule has 1 heterocycles. The average molecular weight is 693 g/mol. The van der Waals surface area contributed by atoms with Crippen molar-refractivity contribution in [2.45, 2.75) is 149 Å². The minimum atomic E-state index is -1.67. The van der Waals surface area contributed by atoms with Crippen LogP contribution in [-0.2, 0) is 28.6 Å². The Labute approximate surface area is 288 Å². The van der Waals surface area contributed by atoms with Gasteiger partial charge in [-0.1, -0.05) is 46.3 Å². The summed E-state index contributed by atoms with van der Waals surface area (Å²) in [4.78, 5) is 40.1. The third-order valence-corrected chi connectivity index (χ3v) is 14.5. The van der Waals surface area contributed by atoms with E-state index in [1.807, 2.05) is 13.8 Å². The van der Waals surface area contributed by atoms with Gasteiger partial charge in [-0.25, -0.2) is 0 Å². The number of carbonyl (C=O) groups excluding carboxylic acids is 3. The van der Waals surface area contributed by atoms with Crippen LogP contribution >= 0.6 is 0 Å². The highest BCUT2D eigenvalue weighted by Crippen LogP contribution is 2.88. The zero-order valence-corrected chi connectivity index (χ0v) is 30.0. The molecule has 0 aromatic carbocycles. The molecule has 1 aliphatic heterocycles. The molecule has 0 radical (unpaired) electrons. The molecule has 0 bridgehead atoms. The fourth-order valence-corrected chi connectivity index (χ4v) is 11.9. The average Bonchev–Trinajstić information content (AvgIpc) is 3.62. The van der Waals surface area contributed by atoms with Gasteiger partial charge in [0, 0.05) is 35.5 Å². The Morgan fingerprint density at radius 2 is 1.73 bits per heavy atom. The van der Waals surface area contributed by atoms with Crippen molar-refractivity contribution in [2.24, 2.45) is 44.8 Å². The molecule has 5 aliphatic carbocycles. The smallest absolute Gasteiger partial charge is 0.302 e. The van der Waals surface area contributed by atoms with E-state index in [0.29, 0.717) is 19.3 Å². The minimum Gasteiger partial charge on any atom is -0.462 e. The van der Waals surface area contributed by atoms with Gasteiger partial charge in [-0.15, -0.1) is 0 Å². The molecule has 1 saturated heterocycles. The van der Waals surface area contributed by atoms with Crippen LogP contribution in [0.2, 0.25) is 0 Å². The van der Waals surface area contributed by atoms with E-state index in [-0.39, 0.29) is 30.5 Å². The lowest BCUT2D eigenvalue weighted by Gasteiger charge is -2.61. The lowest BCUT2D eigenvalue weighted by atomic mass is 9.44. The number of hydrogen-bond acceptors (Lipinski definition) is 12. The molecule has 4 saturated carbocycles. The highest BCUT2D eigenvalue weighted by Gasteiger charge is 2.85. The largest absolute Gasteiger partial charge is 0.462 e. The lowest BCUT2D eigenvalue weighted by molar-refractivity contribution is -0.301. The molecular formula is C37H56O12. The molecule has 6 rings (SSSR count). The first-order chi connectivity index (χ1) is 22.5. The van der Waals surface area contributed by atoms with Crippen LogP contribution in [0.1, 0.15) is 93.9 Å². The summed E-state index contributed by atoms with van der Waals surface area (Å²) < 4.78 is 18.1. The Kier molecular flexibility index (Phi) is 8.77. The molecular weight excluding hydrogens is 636 g/mol. The van der Waals surface area contributed by atoms with Crippen molar-refractivity contribution in [1.29, 1.82) is 0 Å². The number of Topliss-reactive ketones (excluding diaryl/α,β-unsaturated/α-hetero) is 2. The van der Waals surface area contributed by atoms with E-state index in [0.717, 1.165) is 18.4 Å². The van der Waals surface area contributed by atoms with Gasteiger partial charge in [0.05, 0.1) is 18.3 Å². The van der Waals surface area contributed by atoms with Crippen molar-refractivity contribution >= 4 is 17.5 Å². The summed E-state index contributed by atoms with van der Waals surface area (Å²) in [5.41, 5.74) is -3.92. The van der Waals surface area contributed by atoms with Gasteiger partial charge in [0.25, 0.3) is 0 Å². The van der Waals surface area contributed by atoms with Gasteiger partial charge in [0.2, 0.25) is 0 Å². The van der Waals surface area contributed by atoms with Crippen LogP contribution in [0.25, 0.3) is 0 Å². The van der Waals surface area contributed by atoms with E-state index >= 15 is 0 Å². The SMILES string of the molecule is CC(=O)OC1CC23CC24CCC(OC2OCC(O)C(O)C2O)C(C)(C)C4CC=C3C2(C)C(O)C(=O)C(C(C)CC(=O)C(O)C(C)(C)O)C12C. The van der Waals surface area contributed by atoms with E-state index in [1.165, 1.54) is 20.8 Å². The summed E-state index contributed by atoms with van der Waals surface area (Å²) in [6, 6.07) is 0. The number of aliphatic hydroxyl groups is 6. The first-order valence-electron chi connectivity index (χ1n) is 17.9. The zero-order chi connectivity index (χ0) is 36.4. The topological polar surface area (TPSA) is 200 Å². The maximum absolute atomic E-state index is 14.3. The molecule has 12 heteroatoms. The van der Waals surface area contributed by atoms with Gasteiger partial charge >= 0.3 is 5.97 Å². The number of carbonyl (C=O) groups is 3. The molecule has 6 aliphatic rings. The number of aliphatic hydroxyl groups excluding tert-OH is 5. The fourth-order valence-electron chi connectivity index (χ4n) is 11.9. The van der Waals surface area contributed by atoms with Gasteiger partial charge in [-0.2, -0.15) is 0 Å². The van der Waals surface area contributed by atoms with Gasteiger partial charge in [-0.05, 0) is 68.6 Å². The lowest BCUT2D eigenvalue weighted by Crippen LogP contribution is -2.61. The molecule has 6 N–H and O–H groups in total. The van der Waals surface area contributed by atoms with E-state index in [4.69, 9.17) is 14.2 Å². The summed E-state index contributed by atoms with van der Waals surface area (Å²) in [5, 5.41) is 63.6. The number of hydrogen-bond donors (Lipinski definition) is 6. The third kappa shape index (κ3) is 4.95. The zero-order valence-electron chi connectivity index (χ0n) is 30.0. The predicted octanol–water partition coefficient (Wildman–Crippen LogP) is 1.59. The number of ketones is 2. The van der Waals surface area contributed by atoms with Crippen molar-refractivity contribution in [3.8, 4) is 0 Å². The van der Waals surface area contributed by atoms with Crippen LogP contribution in [0, 0.1) is 44.8 Å². The maximum atomic E-state index is 14.3. The second-order valence-electron chi connectivity index (χ2n) is 17.8. The standard InChI is InChI=1S/C37H56O12/c1-17(13-19(39)29(44)33(5,6)46)25-27(42)30(45)34(7)22-10-9-21-32(3,4)23(49-31-28(43)26(41)20(40)15-47-31)11-12-36(21)16-37(22,36)14-24(35(25,34)8)48-18(2)38/h10,17,20-21,23-26,28-31,40-41,43-46H,9,11-16H2,1-8H3. The highest BCUT2D eigenvalue weighted by atomic mass is 16.7. The molecule has 49 heavy (non-hydrogen) atoms. The molecule has 15 atom stereocenters. The van der Waals surface area contributed by atoms with Crippen molar-refractivity contribution in [1.82, 2.24) is 0 Å². The molecule has 0 amide bonds. The predicted molar refractivity (Wildman–Crippen MR) is 173 cm³/mol. The Hall–Kier alpha value is -1.77. The molecule has 15 unspecified atom stereocenters. The van der Waals surface area contributed by atoms with Crippen LogP contribution in [0.3, 0.4) is 0 Å². The van der Waals surface area contributed by atoms with E-state index < -0.39 is 99.5 Å². The number of esters is 1. The first-order valence-corrected chi connectivity index (χ1v) is 17.9. The quantitative estimate of drug-likeness (QED) is 0.159. The number of rotatable bonds is 8. The first kappa shape index (κ1) is 37.0. The normalized spacial score (nSPS) is 48.2. The van der Waals surface area contributed by atoms with E-state index in [1.54, 1.807) is 6.92 Å². The van der Waals surface area contributed by atoms with Gasteiger partial charge < -0.3 is 44.8 Å². The Morgan fingerprint density at radius 3 is 2.35 bits per heavy atom. The van der Waals surface area contributed by atoms with Crippen LogP contribution in [-0.4, -0.2) is 109 Å². The van der Waals surface area contributed by atoms with Crippen molar-refractivity contribution in [2.75, 3.05) is 6.61 Å². The Balaban J connectivity index is 1.35. The second-order valence-corrected chi connectivity index (χ2v) is 17.8. The summed E-state index contributed by atoms with van der Waals surface area (Å²) in [5.74, 6) is -2.89. The van der Waals surface area contributed by atoms with Gasteiger partial charge in [-0.3, -0.25) is 14.4 Å². The minimum absolute atomic E-state index is 0.106. The fraction of sp³-hybridized carbons (Fsp3) is 0.865. The molecule has 2 spiro atoms. The summed E-state index contributed by atoms with van der Waals surface area (Å²) >= 11 is 0. The summed E-state index contributed by atoms with van der Waals surface area (Å²) in [7, 11) is 0. The molecule has 0 aromatic rings. The molecule has 12 nitrogen and oxygen atoms in total. The van der Waals surface area contributed by atoms with Gasteiger partial charge in [0.1, 0.15) is 36.6 Å². The van der Waals surface area contributed by atoms with Crippen molar-refractivity contribution in [3.05, 3.63) is 11.6 Å². The molecule has 0 aromatic heterocycles. The van der Waals surface area contributed by atoms with E-state index in [2.05, 4.69) is 19.9 Å². The summed E-state index contributed by atoms with van der Waals surface area (Å²) in [6.07, 6.45) is -3.92. The maximum Gasteiger partial charge on any atom is 0.302 e. The third-order valence-electron chi connectivity index (χ3n) is 14.5. The van der Waals surface area contributed by atoms with E-state index in [9.17, 15) is 45.0 Å². The van der Waals surface area contributed by atoms with Crippen molar-refractivity contribution < 1.29 is 59.2 Å². The molecule has 5 fully saturated rings. The summed E-state index contributed by atoms with van der Waals surface area (Å²) in [6.45, 7) is 13.7. The van der Waals surface area contributed by atoms with Crippen LogP contribution in [0.4, 0.5) is 0 Å². The van der Waals surface area contributed by atoms with Crippen LogP contribution in [0.5, 0.6) is 0 Å². The number of allylic oxidation sites excluding steroid dienone is 1. The Bertz CT molecular complexity index is 1420. The molecule has 276 valence electrons.